The predicted octanol–water partition coefficient (Wildman–Crippen LogP) is 4.96. The number of allylic oxidation sites excluding steroid dienone is 6. The number of halogens is 1. The van der Waals surface area contributed by atoms with Crippen molar-refractivity contribution in [1.29, 1.82) is 0 Å². The highest BCUT2D eigenvalue weighted by Crippen LogP contribution is 2.56. The van der Waals surface area contributed by atoms with Crippen LogP contribution >= 0.6 is 15.9 Å². The van der Waals surface area contributed by atoms with Crippen molar-refractivity contribution in [3.63, 3.8) is 0 Å². The minimum atomic E-state index is -0.720. The summed E-state index contributed by atoms with van der Waals surface area (Å²) >= 11 is 3.23. The van der Waals surface area contributed by atoms with Gasteiger partial charge >= 0.3 is 0 Å². The van der Waals surface area contributed by atoms with E-state index in [1.165, 1.54) is 24.0 Å². The summed E-state index contributed by atoms with van der Waals surface area (Å²) in [6.45, 7) is 3.56. The Morgan fingerprint density at radius 1 is 1.05 bits per heavy atom. The van der Waals surface area contributed by atoms with Crippen LogP contribution in [-0.4, -0.2) is 40.9 Å². The van der Waals surface area contributed by atoms with Crippen LogP contribution in [0.5, 0.6) is 11.5 Å². The molecule has 1 aliphatic heterocycles. The number of ketones is 3. The second-order valence-corrected chi connectivity index (χ2v) is 11.5. The van der Waals surface area contributed by atoms with Gasteiger partial charge in [0, 0.05) is 28.7 Å². The average Bonchev–Trinajstić information content (AvgIpc) is 3.21. The third-order valence-corrected chi connectivity index (χ3v) is 9.07. The van der Waals surface area contributed by atoms with E-state index in [0.717, 1.165) is 5.57 Å². The second kappa shape index (κ2) is 10.1. The number of benzene rings is 2. The number of hydrogen-bond donors (Lipinski definition) is 1. The number of imide groups is 1. The lowest BCUT2D eigenvalue weighted by molar-refractivity contribution is -0.123. The highest BCUT2D eigenvalue weighted by atomic mass is 79.9. The normalized spacial score (nSPS) is 25.4. The molecule has 2 amide bonds. The summed E-state index contributed by atoms with van der Waals surface area (Å²) in [5, 5.41) is 10.3. The molecule has 0 bridgehead atoms. The molecule has 0 aromatic heterocycles. The van der Waals surface area contributed by atoms with Crippen LogP contribution in [0.3, 0.4) is 0 Å². The van der Waals surface area contributed by atoms with E-state index in [1.54, 1.807) is 43.3 Å². The van der Waals surface area contributed by atoms with Crippen LogP contribution in [0.2, 0.25) is 0 Å². The molecule has 0 spiro atoms. The summed E-state index contributed by atoms with van der Waals surface area (Å²) in [5.74, 6) is -3.69. The Hall–Kier alpha value is -4.11. The molecule has 1 saturated heterocycles. The Labute approximate surface area is 244 Å². The Kier molecular flexibility index (Phi) is 6.65. The SMILES string of the molecule is CCOc1cc([C@H]2C3=CC[C@@H]4C(=O)N(c5ccc(C(C)=O)cc5)C(=O)[C@@H]4[C@@H]3CC3=C2C(=O)C=C(Br)C3=O)ccc1O. The number of nitrogens with zero attached hydrogens (tertiary/aromatic N) is 1. The van der Waals surface area contributed by atoms with Crippen molar-refractivity contribution < 1.29 is 33.8 Å². The lowest BCUT2D eigenvalue weighted by atomic mass is 9.59. The molecule has 4 aliphatic rings. The molecule has 0 radical (unpaired) electrons. The molecule has 0 saturated carbocycles. The van der Waals surface area contributed by atoms with E-state index in [4.69, 9.17) is 4.74 Å². The molecule has 1 fully saturated rings. The van der Waals surface area contributed by atoms with Gasteiger partial charge in [-0.25, -0.2) is 0 Å². The van der Waals surface area contributed by atoms with E-state index in [1.807, 2.05) is 6.08 Å². The summed E-state index contributed by atoms with van der Waals surface area (Å²) in [4.78, 5) is 67.3. The number of phenols is 1. The molecule has 4 atom stereocenters. The minimum absolute atomic E-state index is 0.0495. The Bertz CT molecular complexity index is 1650. The van der Waals surface area contributed by atoms with Gasteiger partial charge in [-0.15, -0.1) is 0 Å². The fourth-order valence-corrected chi connectivity index (χ4v) is 7.11. The quantitative estimate of drug-likeness (QED) is 0.218. The molecule has 9 heteroatoms. The number of amides is 2. The van der Waals surface area contributed by atoms with Gasteiger partial charge in [0.1, 0.15) is 0 Å². The lowest BCUT2D eigenvalue weighted by Gasteiger charge is -2.42. The zero-order valence-electron chi connectivity index (χ0n) is 22.3. The van der Waals surface area contributed by atoms with Crippen LogP contribution in [-0.2, 0) is 19.2 Å². The number of aromatic hydroxyl groups is 1. The topological polar surface area (TPSA) is 118 Å². The van der Waals surface area contributed by atoms with Gasteiger partial charge in [0.2, 0.25) is 11.8 Å². The Morgan fingerprint density at radius 2 is 1.78 bits per heavy atom. The van der Waals surface area contributed by atoms with Gasteiger partial charge in [0.25, 0.3) is 0 Å². The summed E-state index contributed by atoms with van der Waals surface area (Å²) in [7, 11) is 0. The lowest BCUT2D eigenvalue weighted by Crippen LogP contribution is -2.39. The molecule has 208 valence electrons. The van der Waals surface area contributed by atoms with E-state index in [-0.39, 0.29) is 51.6 Å². The molecular weight excluding hydrogens is 590 g/mol. The van der Waals surface area contributed by atoms with Crippen molar-refractivity contribution in [2.75, 3.05) is 11.5 Å². The minimum Gasteiger partial charge on any atom is -0.504 e. The summed E-state index contributed by atoms with van der Waals surface area (Å²) in [6, 6.07) is 11.2. The Balaban J connectivity index is 1.46. The van der Waals surface area contributed by atoms with Crippen molar-refractivity contribution in [3.8, 4) is 11.5 Å². The monoisotopic (exact) mass is 615 g/mol. The highest BCUT2D eigenvalue weighted by Gasteiger charge is 2.56. The molecule has 6 rings (SSSR count). The van der Waals surface area contributed by atoms with Crippen LogP contribution in [0.15, 0.2) is 75.8 Å². The van der Waals surface area contributed by atoms with E-state index in [0.29, 0.717) is 41.0 Å². The van der Waals surface area contributed by atoms with Gasteiger partial charge in [-0.3, -0.25) is 28.9 Å². The van der Waals surface area contributed by atoms with Gasteiger partial charge in [-0.2, -0.15) is 0 Å². The van der Waals surface area contributed by atoms with E-state index >= 15 is 0 Å². The second-order valence-electron chi connectivity index (χ2n) is 10.7. The molecule has 2 aromatic carbocycles. The number of carbonyl (C=O) groups is 5. The molecule has 1 heterocycles. The van der Waals surface area contributed by atoms with Crippen molar-refractivity contribution in [2.45, 2.75) is 32.6 Å². The van der Waals surface area contributed by atoms with E-state index < -0.39 is 23.7 Å². The number of hydrogen-bond acceptors (Lipinski definition) is 7. The first kappa shape index (κ1) is 27.1. The van der Waals surface area contributed by atoms with Crippen LogP contribution in [0, 0.1) is 17.8 Å². The largest absolute Gasteiger partial charge is 0.504 e. The molecule has 8 nitrogen and oxygen atoms in total. The van der Waals surface area contributed by atoms with Gasteiger partial charge in [-0.1, -0.05) is 17.7 Å². The number of Topliss-reactive ketones (excluding diaryl/α,β-unsaturated/α-hetero) is 2. The standard InChI is InChI=1S/C32H26BrNO7/c1-3-41-26-12-17(6-11-24(26)36)27-19-9-10-20-28(21(19)13-22-29(27)25(37)14-23(33)30(22)38)32(40)34(31(20)39)18-7-4-16(5-8-18)15(2)35/h4-9,11-12,14,20-21,27-28,36H,3,10,13H2,1-2H3/t20-,21+,27-,28-/m0/s1. The first-order valence-corrected chi connectivity index (χ1v) is 14.2. The van der Waals surface area contributed by atoms with Crippen LogP contribution in [0.4, 0.5) is 5.69 Å². The molecule has 2 aromatic rings. The van der Waals surface area contributed by atoms with Gasteiger partial charge in [-0.05, 0) is 90.5 Å². The van der Waals surface area contributed by atoms with Crippen LogP contribution < -0.4 is 9.64 Å². The van der Waals surface area contributed by atoms with Crippen LogP contribution in [0.1, 0.15) is 48.5 Å². The number of carbonyl (C=O) groups excluding carboxylic acids is 5. The molecule has 3 aliphatic carbocycles. The first-order valence-electron chi connectivity index (χ1n) is 13.5. The number of ether oxygens (including phenoxy) is 1. The average molecular weight is 616 g/mol. The fraction of sp³-hybridized carbons (Fsp3) is 0.281. The van der Waals surface area contributed by atoms with Gasteiger partial charge in [0.05, 0.1) is 28.6 Å². The van der Waals surface area contributed by atoms with E-state index in [9.17, 15) is 29.1 Å². The molecule has 1 N–H and O–H groups in total. The number of anilines is 1. The third kappa shape index (κ3) is 4.22. The Morgan fingerprint density at radius 3 is 2.46 bits per heavy atom. The number of rotatable bonds is 5. The van der Waals surface area contributed by atoms with Gasteiger partial charge < -0.3 is 9.84 Å². The van der Waals surface area contributed by atoms with Crippen molar-refractivity contribution in [2.24, 2.45) is 17.8 Å². The number of phenolic OH excluding ortho intramolecular Hbond substituents is 1. The zero-order chi connectivity index (χ0) is 29.2. The maximum absolute atomic E-state index is 14.0. The molecular formula is C32H26BrNO7. The highest BCUT2D eigenvalue weighted by molar-refractivity contribution is 9.12. The number of fused-ring (bicyclic) bond motifs is 3. The maximum Gasteiger partial charge on any atom is 0.238 e. The van der Waals surface area contributed by atoms with Gasteiger partial charge in [0.15, 0.2) is 28.8 Å². The smallest absolute Gasteiger partial charge is 0.238 e. The van der Waals surface area contributed by atoms with Crippen molar-refractivity contribution in [1.82, 2.24) is 0 Å². The summed E-state index contributed by atoms with van der Waals surface area (Å²) < 4.78 is 5.76. The summed E-state index contributed by atoms with van der Waals surface area (Å²) in [5.41, 5.74) is 2.99. The van der Waals surface area contributed by atoms with Crippen molar-refractivity contribution in [3.05, 3.63) is 86.9 Å². The summed E-state index contributed by atoms with van der Waals surface area (Å²) in [6.07, 6.45) is 3.67. The molecule has 0 unspecified atom stereocenters. The van der Waals surface area contributed by atoms with Crippen LogP contribution in [0.25, 0.3) is 0 Å². The zero-order valence-corrected chi connectivity index (χ0v) is 23.9. The molecule has 41 heavy (non-hydrogen) atoms. The fourth-order valence-electron chi connectivity index (χ4n) is 6.67. The maximum atomic E-state index is 14.0. The predicted molar refractivity (Wildman–Crippen MR) is 153 cm³/mol. The van der Waals surface area contributed by atoms with Crippen molar-refractivity contribution >= 4 is 50.8 Å². The third-order valence-electron chi connectivity index (χ3n) is 8.48. The van der Waals surface area contributed by atoms with E-state index in [2.05, 4.69) is 15.9 Å². The first-order chi connectivity index (χ1) is 19.6.